The van der Waals surface area contributed by atoms with E-state index in [0.717, 1.165) is 31.2 Å². The van der Waals surface area contributed by atoms with Crippen LogP contribution in [0.2, 0.25) is 0 Å². The number of phenols is 1. The van der Waals surface area contributed by atoms with Crippen LogP contribution in [0.1, 0.15) is 43.2 Å². The van der Waals surface area contributed by atoms with Crippen LogP contribution in [-0.4, -0.2) is 33.6 Å². The van der Waals surface area contributed by atoms with E-state index < -0.39 is 23.3 Å². The lowest BCUT2D eigenvalue weighted by Gasteiger charge is -2.35. The second kappa shape index (κ2) is 7.68. The van der Waals surface area contributed by atoms with Gasteiger partial charge in [-0.1, -0.05) is 30.3 Å². The number of piperidine rings is 1. The van der Waals surface area contributed by atoms with E-state index in [1.165, 1.54) is 6.07 Å². The molecule has 1 saturated heterocycles. The van der Waals surface area contributed by atoms with Crippen LogP contribution in [0, 0.1) is 17.2 Å². The molecule has 1 aromatic heterocycles. The number of phenolic OH excluding ortho intramolecular Hbond substituents is 1. The number of carbonyl (C=O) groups is 1. The van der Waals surface area contributed by atoms with Crippen molar-refractivity contribution in [3.63, 3.8) is 0 Å². The quantitative estimate of drug-likeness (QED) is 0.575. The molecule has 8 heteroatoms. The highest BCUT2D eigenvalue weighted by atomic mass is 16.3. The van der Waals surface area contributed by atoms with Gasteiger partial charge < -0.3 is 15.3 Å². The molecule has 1 amide bonds. The van der Waals surface area contributed by atoms with Gasteiger partial charge >= 0.3 is 0 Å². The summed E-state index contributed by atoms with van der Waals surface area (Å²) in [5.41, 5.74) is 0.161. The molecule has 3 atom stereocenters. The summed E-state index contributed by atoms with van der Waals surface area (Å²) < 4.78 is 0. The molecular weight excluding hydrogens is 406 g/mol. The first-order valence-electron chi connectivity index (χ1n) is 10.8. The lowest BCUT2D eigenvalue weighted by molar-refractivity contribution is -0.119. The normalized spacial score (nSPS) is 22.8. The number of nitrogens with zero attached hydrogens (tertiary/aromatic N) is 3. The monoisotopic (exact) mass is 429 g/mol. The van der Waals surface area contributed by atoms with E-state index in [2.05, 4.69) is 22.2 Å². The lowest BCUT2D eigenvalue weighted by Crippen LogP contribution is -2.42. The Hall–Kier alpha value is -3.86. The Balaban J connectivity index is 1.74. The van der Waals surface area contributed by atoms with E-state index >= 15 is 0 Å². The number of aromatic amines is 1. The van der Waals surface area contributed by atoms with E-state index in [9.17, 15) is 20.0 Å². The number of H-pyrrole nitrogens is 1. The molecule has 2 aliphatic rings. The minimum atomic E-state index is -1.18. The molecule has 162 valence electrons. The smallest absolute Gasteiger partial charge is 0.258 e. The number of hydrogen-bond acceptors (Lipinski definition) is 6. The Bertz CT molecular complexity index is 1330. The number of carbonyl (C=O) groups excluding carboxylic acids is 1. The van der Waals surface area contributed by atoms with Crippen molar-refractivity contribution in [2.45, 2.75) is 38.1 Å². The molecule has 1 fully saturated rings. The van der Waals surface area contributed by atoms with Gasteiger partial charge in [0.1, 0.15) is 17.5 Å². The van der Waals surface area contributed by atoms with Crippen molar-refractivity contribution >= 4 is 28.4 Å². The number of fused-ring (bicyclic) bond motifs is 2. The van der Waals surface area contributed by atoms with Crippen LogP contribution >= 0.6 is 0 Å². The molecule has 0 spiro atoms. The number of amides is 1. The minimum absolute atomic E-state index is 0.0669. The van der Waals surface area contributed by atoms with Crippen molar-refractivity contribution < 1.29 is 9.90 Å². The van der Waals surface area contributed by atoms with Gasteiger partial charge in [-0.2, -0.15) is 10.2 Å². The van der Waals surface area contributed by atoms with Crippen LogP contribution < -0.4 is 15.8 Å². The van der Waals surface area contributed by atoms with E-state index in [4.69, 9.17) is 0 Å². The predicted molar refractivity (Wildman–Crippen MR) is 121 cm³/mol. The Kier molecular flexibility index (Phi) is 4.82. The third kappa shape index (κ3) is 3.09. The summed E-state index contributed by atoms with van der Waals surface area (Å²) >= 11 is 0. The largest absolute Gasteiger partial charge is 0.508 e. The molecule has 0 bridgehead atoms. The highest BCUT2D eigenvalue weighted by Crippen LogP contribution is 2.44. The molecule has 2 aromatic carbocycles. The van der Waals surface area contributed by atoms with Gasteiger partial charge in [0.05, 0.1) is 11.6 Å². The molecule has 3 heterocycles. The molecule has 0 saturated carbocycles. The highest BCUT2D eigenvalue weighted by molar-refractivity contribution is 5.99. The Morgan fingerprint density at radius 1 is 1.16 bits per heavy atom. The molecule has 5 rings (SSSR count). The van der Waals surface area contributed by atoms with Crippen LogP contribution in [0.3, 0.4) is 0 Å². The first kappa shape index (κ1) is 20.1. The second-order valence-electron chi connectivity index (χ2n) is 8.48. The third-order valence-electron chi connectivity index (χ3n) is 6.58. The summed E-state index contributed by atoms with van der Waals surface area (Å²) in [5, 5.41) is 24.8. The lowest BCUT2D eigenvalue weighted by atomic mass is 9.77. The van der Waals surface area contributed by atoms with Gasteiger partial charge in [0, 0.05) is 24.1 Å². The van der Waals surface area contributed by atoms with Crippen molar-refractivity contribution in [3.8, 4) is 11.8 Å². The van der Waals surface area contributed by atoms with Gasteiger partial charge in [-0.15, -0.1) is 0 Å². The Labute approximate surface area is 184 Å². The first-order valence-corrected chi connectivity index (χ1v) is 10.8. The zero-order chi connectivity index (χ0) is 22.4. The fraction of sp³-hybridized carbons (Fsp3) is 0.333. The Morgan fingerprint density at radius 2 is 1.97 bits per heavy atom. The standard InChI is InChI=1S/C24H23N5O3/c1-13-6-4-5-11-29(13)24-27-21-20(23(32)28-24)19(16(12-25)22(31)26-21)18-15-8-3-2-7-14(15)9-10-17(18)30/h2-3,7-10,13,16,19,30H,4-6,11H2,1H3,(H2,26,27,28,31,32). The molecule has 8 nitrogen and oxygen atoms in total. The average Bonchev–Trinajstić information content (AvgIpc) is 2.78. The number of hydrogen-bond donors (Lipinski definition) is 3. The van der Waals surface area contributed by atoms with Crippen molar-refractivity contribution in [3.05, 3.63) is 57.9 Å². The zero-order valence-corrected chi connectivity index (χ0v) is 17.6. The Morgan fingerprint density at radius 3 is 2.75 bits per heavy atom. The second-order valence-corrected chi connectivity index (χ2v) is 8.48. The number of rotatable bonds is 2. The topological polar surface area (TPSA) is 122 Å². The first-order chi connectivity index (χ1) is 15.5. The van der Waals surface area contributed by atoms with Crippen molar-refractivity contribution in [1.82, 2.24) is 9.97 Å². The van der Waals surface area contributed by atoms with Gasteiger partial charge in [-0.3, -0.25) is 14.6 Å². The van der Waals surface area contributed by atoms with Gasteiger partial charge in [-0.05, 0) is 43.0 Å². The fourth-order valence-electron chi connectivity index (χ4n) is 4.97. The van der Waals surface area contributed by atoms with Gasteiger partial charge in [0.15, 0.2) is 0 Å². The zero-order valence-electron chi connectivity index (χ0n) is 17.6. The van der Waals surface area contributed by atoms with E-state index in [0.29, 0.717) is 16.9 Å². The number of benzene rings is 2. The van der Waals surface area contributed by atoms with E-state index in [1.807, 2.05) is 35.2 Å². The maximum atomic E-state index is 13.4. The third-order valence-corrected chi connectivity index (χ3v) is 6.58. The number of anilines is 2. The number of nitriles is 1. The summed E-state index contributed by atoms with van der Waals surface area (Å²) in [4.78, 5) is 35.8. The van der Waals surface area contributed by atoms with E-state index in [1.54, 1.807) is 6.07 Å². The van der Waals surface area contributed by atoms with Crippen LogP contribution in [0.5, 0.6) is 5.75 Å². The summed E-state index contributed by atoms with van der Waals surface area (Å²) in [7, 11) is 0. The molecule has 2 aliphatic heterocycles. The number of aromatic nitrogens is 2. The average molecular weight is 429 g/mol. The SMILES string of the molecule is CC1CCCCN1c1nc2c(c(=O)[nH]1)C(c1c(O)ccc3ccccc13)C(C#N)C(=O)N2. The van der Waals surface area contributed by atoms with Gasteiger partial charge in [-0.25, -0.2) is 0 Å². The summed E-state index contributed by atoms with van der Waals surface area (Å²) in [5.74, 6) is -2.16. The number of aromatic hydroxyl groups is 1. The summed E-state index contributed by atoms with van der Waals surface area (Å²) in [6.45, 7) is 2.85. The van der Waals surface area contributed by atoms with Crippen LogP contribution in [0.15, 0.2) is 41.2 Å². The van der Waals surface area contributed by atoms with E-state index in [-0.39, 0.29) is 23.2 Å². The molecule has 0 radical (unpaired) electrons. The van der Waals surface area contributed by atoms with Gasteiger partial charge in [0.2, 0.25) is 11.9 Å². The molecule has 0 aliphatic carbocycles. The van der Waals surface area contributed by atoms with Crippen LogP contribution in [0.4, 0.5) is 11.8 Å². The highest BCUT2D eigenvalue weighted by Gasteiger charge is 2.42. The van der Waals surface area contributed by atoms with Crippen molar-refractivity contribution in [1.29, 1.82) is 5.26 Å². The van der Waals surface area contributed by atoms with Crippen molar-refractivity contribution in [2.75, 3.05) is 16.8 Å². The fourth-order valence-corrected chi connectivity index (χ4v) is 4.97. The van der Waals surface area contributed by atoms with Crippen molar-refractivity contribution in [2.24, 2.45) is 5.92 Å². The molecule has 3 N–H and O–H groups in total. The number of nitrogens with one attached hydrogen (secondary N) is 2. The van der Waals surface area contributed by atoms with Crippen LogP contribution in [-0.2, 0) is 4.79 Å². The molecular formula is C24H23N5O3. The summed E-state index contributed by atoms with van der Waals surface area (Å²) in [6, 6.07) is 12.9. The van der Waals surface area contributed by atoms with Gasteiger partial charge in [0.25, 0.3) is 5.56 Å². The summed E-state index contributed by atoms with van der Waals surface area (Å²) in [6.07, 6.45) is 3.12. The maximum absolute atomic E-state index is 13.4. The van der Waals surface area contributed by atoms with Crippen LogP contribution in [0.25, 0.3) is 10.8 Å². The molecule has 32 heavy (non-hydrogen) atoms. The minimum Gasteiger partial charge on any atom is -0.508 e. The maximum Gasteiger partial charge on any atom is 0.258 e. The molecule has 3 aromatic rings. The molecule has 3 unspecified atom stereocenters. The predicted octanol–water partition coefficient (Wildman–Crippen LogP) is 3.23.